The molecule has 0 spiro atoms. The van der Waals surface area contributed by atoms with Gasteiger partial charge in [0.05, 0.1) is 29.2 Å². The number of carbonyl (C=O) groups excluding carboxylic acids is 2. The summed E-state index contributed by atoms with van der Waals surface area (Å²) in [5.74, 6) is -0.146. The van der Waals surface area contributed by atoms with Crippen LogP contribution in [0.3, 0.4) is 0 Å². The Balaban J connectivity index is 1.27. The van der Waals surface area contributed by atoms with E-state index in [1.54, 1.807) is 13.8 Å². The smallest absolute Gasteiger partial charge is 0.252 e. The van der Waals surface area contributed by atoms with Crippen LogP contribution in [0, 0.1) is 5.92 Å². The SMILES string of the molecule is CC1CC(OC(C)(C)C(=O)NC23CCC(NC(=O)COC4CCC(Cl)C(F)C4)(CC2)C[C@@H]3O)CCC1Cl. The molecule has 6 unspecified atom stereocenters. The molecule has 0 saturated heterocycles. The van der Waals surface area contributed by atoms with Crippen molar-refractivity contribution in [2.45, 2.75) is 143 Å². The van der Waals surface area contributed by atoms with Crippen LogP contribution in [0.4, 0.5) is 4.39 Å². The topological polar surface area (TPSA) is 96.9 Å². The fraction of sp³-hybridized carbons (Fsp3) is 0.926. The first-order valence-corrected chi connectivity index (χ1v) is 14.7. The molecule has 2 bridgehead atoms. The molecule has 0 heterocycles. The standard InChI is InChI=1S/C27H43Cl2FN2O5/c1-16-12-18(5-6-19(16)28)37-25(2,3)24(35)32-27-10-8-26(9-11-27,14-22(27)33)31-23(34)15-36-17-4-7-20(29)21(30)13-17/h16-22,33H,4-15H2,1-3H3,(H,31,34)(H,32,35)/t16?,17?,18?,19?,20?,21?,22-,26?,27?/m0/s1. The van der Waals surface area contributed by atoms with Crippen molar-refractivity contribution in [1.29, 1.82) is 0 Å². The molecule has 5 aliphatic rings. The Morgan fingerprint density at radius 2 is 1.65 bits per heavy atom. The largest absolute Gasteiger partial charge is 0.391 e. The average Bonchev–Trinajstić information content (AvgIpc) is 2.83. The summed E-state index contributed by atoms with van der Waals surface area (Å²) in [4.78, 5) is 26.0. The predicted molar refractivity (Wildman–Crippen MR) is 141 cm³/mol. The van der Waals surface area contributed by atoms with Crippen LogP contribution in [0.15, 0.2) is 0 Å². The first kappa shape index (κ1) is 29.3. The van der Waals surface area contributed by atoms with Crippen molar-refractivity contribution in [3.63, 3.8) is 0 Å². The quantitative estimate of drug-likeness (QED) is 0.385. The minimum atomic E-state index is -1.11. The van der Waals surface area contributed by atoms with E-state index in [1.165, 1.54) is 0 Å². The second kappa shape index (κ2) is 11.4. The fourth-order valence-electron chi connectivity index (χ4n) is 6.64. The summed E-state index contributed by atoms with van der Waals surface area (Å²) in [7, 11) is 0. The number of nitrogens with one attached hydrogen (secondary N) is 2. The van der Waals surface area contributed by atoms with Gasteiger partial charge in [-0.2, -0.15) is 0 Å². The second-order valence-corrected chi connectivity index (χ2v) is 13.6. The van der Waals surface area contributed by atoms with Gasteiger partial charge in [0.2, 0.25) is 5.91 Å². The molecule has 212 valence electrons. The van der Waals surface area contributed by atoms with E-state index in [4.69, 9.17) is 32.7 Å². The van der Waals surface area contributed by atoms with Gasteiger partial charge in [0.25, 0.3) is 5.91 Å². The lowest BCUT2D eigenvalue weighted by Gasteiger charge is -2.56. The zero-order valence-corrected chi connectivity index (χ0v) is 23.8. The third kappa shape index (κ3) is 6.74. The van der Waals surface area contributed by atoms with E-state index in [1.807, 2.05) is 0 Å². The number of aliphatic hydroxyl groups excluding tert-OH is 1. The molecule has 2 amide bonds. The summed E-state index contributed by atoms with van der Waals surface area (Å²) in [6.07, 6.45) is 4.49. The fourth-order valence-corrected chi connectivity index (χ4v) is 7.10. The van der Waals surface area contributed by atoms with Gasteiger partial charge in [-0.05, 0) is 84.0 Å². The molecule has 0 radical (unpaired) electrons. The summed E-state index contributed by atoms with van der Waals surface area (Å²) in [6, 6.07) is 0. The molecule has 0 aromatic rings. The molecule has 5 fully saturated rings. The molecule has 0 aliphatic heterocycles. The van der Waals surface area contributed by atoms with Gasteiger partial charge in [-0.3, -0.25) is 9.59 Å². The van der Waals surface area contributed by atoms with Gasteiger partial charge in [-0.15, -0.1) is 23.2 Å². The highest BCUT2D eigenvalue weighted by atomic mass is 35.5. The molecule has 3 N–H and O–H groups in total. The lowest BCUT2D eigenvalue weighted by Crippen LogP contribution is -2.71. The number of carbonyl (C=O) groups is 2. The maximum absolute atomic E-state index is 13.9. The van der Waals surface area contributed by atoms with E-state index in [9.17, 15) is 19.1 Å². The maximum Gasteiger partial charge on any atom is 0.252 e. The Morgan fingerprint density at radius 3 is 2.27 bits per heavy atom. The molecule has 37 heavy (non-hydrogen) atoms. The first-order valence-electron chi connectivity index (χ1n) is 13.9. The zero-order chi connectivity index (χ0) is 27.0. The molecule has 10 heteroatoms. The van der Waals surface area contributed by atoms with Crippen molar-refractivity contribution < 1.29 is 28.6 Å². The van der Waals surface area contributed by atoms with Crippen LogP contribution in [0.25, 0.3) is 0 Å². The summed E-state index contributed by atoms with van der Waals surface area (Å²) in [5, 5.41) is 17.0. The van der Waals surface area contributed by atoms with Gasteiger partial charge >= 0.3 is 0 Å². The van der Waals surface area contributed by atoms with E-state index < -0.39 is 34.3 Å². The molecule has 7 atom stereocenters. The molecule has 5 aliphatic carbocycles. The number of fused-ring (bicyclic) bond motifs is 3. The van der Waals surface area contributed by atoms with Crippen molar-refractivity contribution in [3.8, 4) is 0 Å². The predicted octanol–water partition coefficient (Wildman–Crippen LogP) is 4.14. The van der Waals surface area contributed by atoms with Crippen LogP contribution in [0.1, 0.15) is 91.4 Å². The number of aliphatic hydroxyl groups is 1. The van der Waals surface area contributed by atoms with Gasteiger partial charge < -0.3 is 25.2 Å². The second-order valence-electron chi connectivity index (χ2n) is 12.5. The van der Waals surface area contributed by atoms with Crippen molar-refractivity contribution in [2.75, 3.05) is 6.61 Å². The highest BCUT2D eigenvalue weighted by molar-refractivity contribution is 6.21. The number of rotatable bonds is 8. The molecular weight excluding hydrogens is 522 g/mol. The van der Waals surface area contributed by atoms with Crippen LogP contribution >= 0.6 is 23.2 Å². The van der Waals surface area contributed by atoms with E-state index in [0.29, 0.717) is 50.9 Å². The van der Waals surface area contributed by atoms with Crippen LogP contribution in [-0.4, -0.2) is 75.4 Å². The molecule has 7 nitrogen and oxygen atoms in total. The number of hydrogen-bond acceptors (Lipinski definition) is 5. The first-order chi connectivity index (χ1) is 17.3. The van der Waals surface area contributed by atoms with Crippen molar-refractivity contribution in [2.24, 2.45) is 5.92 Å². The lowest BCUT2D eigenvalue weighted by molar-refractivity contribution is -0.161. The monoisotopic (exact) mass is 564 g/mol. The van der Waals surface area contributed by atoms with Gasteiger partial charge in [0.15, 0.2) is 0 Å². The van der Waals surface area contributed by atoms with Crippen LogP contribution in [-0.2, 0) is 19.1 Å². The van der Waals surface area contributed by atoms with Crippen molar-refractivity contribution >= 4 is 35.0 Å². The molecule has 5 saturated carbocycles. The highest BCUT2D eigenvalue weighted by Gasteiger charge is 2.56. The van der Waals surface area contributed by atoms with Crippen molar-refractivity contribution in [1.82, 2.24) is 10.6 Å². The Hall–Kier alpha value is -0.670. The number of halogens is 3. The Morgan fingerprint density at radius 1 is 1.00 bits per heavy atom. The van der Waals surface area contributed by atoms with Crippen molar-refractivity contribution in [3.05, 3.63) is 0 Å². The Kier molecular flexibility index (Phi) is 9.06. The van der Waals surface area contributed by atoms with Gasteiger partial charge in [-0.1, -0.05) is 6.92 Å². The molecule has 0 aromatic heterocycles. The lowest BCUT2D eigenvalue weighted by atomic mass is 9.59. The van der Waals surface area contributed by atoms with Gasteiger partial charge in [-0.25, -0.2) is 4.39 Å². The van der Waals surface area contributed by atoms with E-state index in [2.05, 4.69) is 17.6 Å². The zero-order valence-electron chi connectivity index (χ0n) is 22.2. The summed E-state index contributed by atoms with van der Waals surface area (Å²) in [6.45, 7) is 5.54. The van der Waals surface area contributed by atoms with E-state index >= 15 is 0 Å². The maximum atomic E-state index is 13.9. The Bertz CT molecular complexity index is 838. The minimum Gasteiger partial charge on any atom is -0.391 e. The number of alkyl halides is 3. The third-order valence-electron chi connectivity index (χ3n) is 9.21. The van der Waals surface area contributed by atoms with Gasteiger partial charge in [0, 0.05) is 17.3 Å². The highest BCUT2D eigenvalue weighted by Crippen LogP contribution is 2.47. The average molecular weight is 566 g/mol. The number of amides is 2. The van der Waals surface area contributed by atoms with E-state index in [-0.39, 0.29) is 42.4 Å². The minimum absolute atomic E-state index is 0.0169. The number of hydrogen-bond donors (Lipinski definition) is 3. The Labute approximate surface area is 229 Å². The van der Waals surface area contributed by atoms with Crippen LogP contribution in [0.2, 0.25) is 0 Å². The molecule has 5 rings (SSSR count). The summed E-state index contributed by atoms with van der Waals surface area (Å²) in [5.41, 5.74) is -2.28. The summed E-state index contributed by atoms with van der Waals surface area (Å²) < 4.78 is 25.8. The molecule has 0 aromatic carbocycles. The normalized spacial score (nSPS) is 42.3. The van der Waals surface area contributed by atoms with Crippen LogP contribution in [0.5, 0.6) is 0 Å². The third-order valence-corrected chi connectivity index (χ3v) is 10.3. The number of ether oxygens (including phenoxy) is 2. The van der Waals surface area contributed by atoms with Crippen LogP contribution < -0.4 is 10.6 Å². The van der Waals surface area contributed by atoms with Gasteiger partial charge in [0.1, 0.15) is 18.4 Å². The summed E-state index contributed by atoms with van der Waals surface area (Å²) >= 11 is 12.3. The molecular formula is C27H43Cl2FN2O5. The van der Waals surface area contributed by atoms with E-state index in [0.717, 1.165) is 19.3 Å².